The fraction of sp³-hybridized carbons (Fsp3) is 0.0833. The van der Waals surface area contributed by atoms with Gasteiger partial charge in [0.2, 0.25) is 0 Å². The van der Waals surface area contributed by atoms with Crippen molar-refractivity contribution >= 4 is 29.3 Å². The Balaban J connectivity index is 1.84. The highest BCUT2D eigenvalue weighted by Crippen LogP contribution is 2.27. The average Bonchev–Trinajstić information content (AvgIpc) is 2.73. The molecule has 0 aliphatic rings. The van der Waals surface area contributed by atoms with Crippen molar-refractivity contribution in [2.24, 2.45) is 0 Å². The zero-order valence-corrected chi connectivity index (χ0v) is 16.9. The SMILES string of the molecule is Cc1ccccc1NC(=O)/C(C#N)=C/c1cc(Cl)ccc1OCc1cccc(F)c1. The summed E-state index contributed by atoms with van der Waals surface area (Å²) in [4.78, 5) is 12.6. The smallest absolute Gasteiger partial charge is 0.266 e. The molecule has 0 saturated heterocycles. The topological polar surface area (TPSA) is 62.1 Å². The summed E-state index contributed by atoms with van der Waals surface area (Å²) in [5, 5.41) is 12.7. The third-order valence-corrected chi connectivity index (χ3v) is 4.55. The molecule has 0 saturated carbocycles. The lowest BCUT2D eigenvalue weighted by molar-refractivity contribution is -0.112. The van der Waals surface area contributed by atoms with Gasteiger partial charge in [-0.2, -0.15) is 5.26 Å². The van der Waals surface area contributed by atoms with Gasteiger partial charge in [-0.1, -0.05) is 41.9 Å². The molecule has 0 atom stereocenters. The first-order chi connectivity index (χ1) is 14.5. The van der Waals surface area contributed by atoms with E-state index in [1.165, 1.54) is 18.2 Å². The van der Waals surface area contributed by atoms with E-state index in [-0.39, 0.29) is 18.0 Å². The summed E-state index contributed by atoms with van der Waals surface area (Å²) in [7, 11) is 0. The second kappa shape index (κ2) is 9.73. The van der Waals surface area contributed by atoms with E-state index >= 15 is 0 Å². The molecule has 4 nitrogen and oxygen atoms in total. The number of amides is 1. The number of nitrogens with one attached hydrogen (secondary N) is 1. The van der Waals surface area contributed by atoms with E-state index in [1.807, 2.05) is 25.1 Å². The summed E-state index contributed by atoms with van der Waals surface area (Å²) in [5.41, 5.74) is 2.52. The van der Waals surface area contributed by atoms with E-state index in [0.717, 1.165) is 5.56 Å². The van der Waals surface area contributed by atoms with Crippen molar-refractivity contribution in [1.82, 2.24) is 0 Å². The van der Waals surface area contributed by atoms with Crippen molar-refractivity contribution in [3.05, 3.63) is 99.8 Å². The van der Waals surface area contributed by atoms with Gasteiger partial charge in [0.25, 0.3) is 5.91 Å². The molecule has 3 aromatic carbocycles. The van der Waals surface area contributed by atoms with E-state index in [0.29, 0.717) is 27.6 Å². The molecule has 150 valence electrons. The number of ether oxygens (including phenoxy) is 1. The van der Waals surface area contributed by atoms with Crippen LogP contribution in [0.3, 0.4) is 0 Å². The normalized spacial score (nSPS) is 10.9. The molecule has 0 aliphatic heterocycles. The maximum absolute atomic E-state index is 13.4. The Bertz CT molecular complexity index is 1150. The number of aryl methyl sites for hydroxylation is 1. The van der Waals surface area contributed by atoms with Crippen LogP contribution in [0.15, 0.2) is 72.3 Å². The molecule has 6 heteroatoms. The van der Waals surface area contributed by atoms with Crippen molar-refractivity contribution in [2.75, 3.05) is 5.32 Å². The summed E-state index contributed by atoms with van der Waals surface area (Å²) in [6.07, 6.45) is 1.42. The van der Waals surface area contributed by atoms with Gasteiger partial charge in [0.1, 0.15) is 29.8 Å². The van der Waals surface area contributed by atoms with Crippen LogP contribution in [0.1, 0.15) is 16.7 Å². The molecular weight excluding hydrogens is 403 g/mol. The van der Waals surface area contributed by atoms with Crippen molar-refractivity contribution in [1.29, 1.82) is 5.26 Å². The number of carbonyl (C=O) groups excluding carboxylic acids is 1. The standard InChI is InChI=1S/C24H18ClFN2O2/c1-16-5-2-3-8-22(16)28-24(29)19(14-27)12-18-13-20(25)9-10-23(18)30-15-17-6-4-7-21(26)11-17/h2-13H,15H2,1H3,(H,28,29)/b19-12+. The highest BCUT2D eigenvalue weighted by Gasteiger charge is 2.13. The van der Waals surface area contributed by atoms with Crippen molar-refractivity contribution in [2.45, 2.75) is 13.5 Å². The second-order valence-corrected chi connectivity index (χ2v) is 6.98. The van der Waals surface area contributed by atoms with E-state index < -0.39 is 5.91 Å². The van der Waals surface area contributed by atoms with Crippen LogP contribution in [0.2, 0.25) is 5.02 Å². The summed E-state index contributed by atoms with van der Waals surface area (Å²) in [6.45, 7) is 1.98. The zero-order chi connectivity index (χ0) is 21.5. The van der Waals surface area contributed by atoms with Gasteiger partial charge >= 0.3 is 0 Å². The molecule has 0 aromatic heterocycles. The fourth-order valence-electron chi connectivity index (χ4n) is 2.76. The Morgan fingerprint density at radius 1 is 1.17 bits per heavy atom. The minimum absolute atomic E-state index is 0.101. The number of carbonyl (C=O) groups is 1. The summed E-state index contributed by atoms with van der Waals surface area (Å²) >= 11 is 6.09. The third kappa shape index (κ3) is 5.47. The van der Waals surface area contributed by atoms with Crippen LogP contribution in [0, 0.1) is 24.1 Å². The molecule has 0 radical (unpaired) electrons. The molecule has 0 fully saturated rings. The maximum atomic E-state index is 13.4. The number of nitriles is 1. The zero-order valence-electron chi connectivity index (χ0n) is 16.2. The minimum atomic E-state index is -0.539. The predicted molar refractivity (Wildman–Crippen MR) is 116 cm³/mol. The predicted octanol–water partition coefficient (Wildman–Crippen LogP) is 5.91. The van der Waals surface area contributed by atoms with E-state index in [2.05, 4.69) is 5.32 Å². The van der Waals surface area contributed by atoms with Gasteiger partial charge in [0.05, 0.1) is 0 Å². The molecule has 0 unspecified atom stereocenters. The molecule has 3 aromatic rings. The van der Waals surface area contributed by atoms with E-state index in [4.69, 9.17) is 16.3 Å². The molecule has 1 amide bonds. The Hall–Kier alpha value is -3.62. The van der Waals surface area contributed by atoms with Gasteiger partial charge in [0, 0.05) is 16.3 Å². The molecule has 30 heavy (non-hydrogen) atoms. The number of halogens is 2. The van der Waals surface area contributed by atoms with Crippen LogP contribution in [0.4, 0.5) is 10.1 Å². The molecule has 0 aliphatic carbocycles. The highest BCUT2D eigenvalue weighted by atomic mass is 35.5. The Morgan fingerprint density at radius 3 is 2.70 bits per heavy atom. The van der Waals surface area contributed by atoms with Gasteiger partial charge in [-0.25, -0.2) is 4.39 Å². The highest BCUT2D eigenvalue weighted by molar-refractivity contribution is 6.30. The van der Waals surface area contributed by atoms with Gasteiger partial charge in [0.15, 0.2) is 0 Å². The van der Waals surface area contributed by atoms with Gasteiger partial charge in [-0.3, -0.25) is 4.79 Å². The molecule has 0 bridgehead atoms. The lowest BCUT2D eigenvalue weighted by atomic mass is 10.1. The molecular formula is C24H18ClFN2O2. The Labute approximate surface area is 179 Å². The number of hydrogen-bond donors (Lipinski definition) is 1. The second-order valence-electron chi connectivity index (χ2n) is 6.54. The van der Waals surface area contributed by atoms with Crippen molar-refractivity contribution in [3.8, 4) is 11.8 Å². The number of rotatable bonds is 6. The number of para-hydroxylation sites is 1. The van der Waals surface area contributed by atoms with Crippen LogP contribution in [0.5, 0.6) is 5.75 Å². The van der Waals surface area contributed by atoms with E-state index in [1.54, 1.807) is 42.5 Å². The largest absolute Gasteiger partial charge is 0.488 e. The first-order valence-electron chi connectivity index (χ1n) is 9.12. The first-order valence-corrected chi connectivity index (χ1v) is 9.49. The summed E-state index contributed by atoms with van der Waals surface area (Å²) in [5.74, 6) is -0.477. The quantitative estimate of drug-likeness (QED) is 0.398. The van der Waals surface area contributed by atoms with Gasteiger partial charge in [-0.15, -0.1) is 0 Å². The molecule has 0 heterocycles. The van der Waals surface area contributed by atoms with Crippen LogP contribution >= 0.6 is 11.6 Å². The Kier molecular flexibility index (Phi) is 6.84. The summed E-state index contributed by atoms with van der Waals surface area (Å²) < 4.78 is 19.2. The Morgan fingerprint density at radius 2 is 1.97 bits per heavy atom. The third-order valence-electron chi connectivity index (χ3n) is 4.31. The van der Waals surface area contributed by atoms with Crippen LogP contribution in [-0.4, -0.2) is 5.91 Å². The fourth-order valence-corrected chi connectivity index (χ4v) is 2.94. The lowest BCUT2D eigenvalue weighted by Crippen LogP contribution is -2.14. The molecule has 0 spiro atoms. The van der Waals surface area contributed by atoms with Gasteiger partial charge < -0.3 is 10.1 Å². The van der Waals surface area contributed by atoms with Crippen molar-refractivity contribution < 1.29 is 13.9 Å². The van der Waals surface area contributed by atoms with Crippen molar-refractivity contribution in [3.63, 3.8) is 0 Å². The average molecular weight is 421 g/mol. The van der Waals surface area contributed by atoms with E-state index in [9.17, 15) is 14.4 Å². The maximum Gasteiger partial charge on any atom is 0.266 e. The molecule has 1 N–H and O–H groups in total. The van der Waals surface area contributed by atoms with Crippen LogP contribution in [0.25, 0.3) is 6.08 Å². The van der Waals surface area contributed by atoms with Crippen LogP contribution in [-0.2, 0) is 11.4 Å². The monoisotopic (exact) mass is 420 g/mol. The minimum Gasteiger partial charge on any atom is -0.488 e. The lowest BCUT2D eigenvalue weighted by Gasteiger charge is -2.11. The number of anilines is 1. The number of hydrogen-bond acceptors (Lipinski definition) is 3. The van der Waals surface area contributed by atoms with Crippen LogP contribution < -0.4 is 10.1 Å². The summed E-state index contributed by atoms with van der Waals surface area (Å²) in [6, 6.07) is 20.1. The number of benzene rings is 3. The first kappa shape index (κ1) is 21.1. The number of nitrogens with zero attached hydrogens (tertiary/aromatic N) is 1. The molecule has 3 rings (SSSR count). The van der Waals surface area contributed by atoms with Gasteiger partial charge in [-0.05, 0) is 60.5 Å².